The van der Waals surface area contributed by atoms with E-state index in [2.05, 4.69) is 5.73 Å². The Morgan fingerprint density at radius 1 is 1.38 bits per heavy atom. The molecule has 0 amide bonds. The van der Waals surface area contributed by atoms with Crippen LogP contribution < -0.4 is 20.6 Å². The van der Waals surface area contributed by atoms with Gasteiger partial charge in [-0.05, 0) is 6.92 Å². The zero-order valence-electron chi connectivity index (χ0n) is 7.05. The maximum atomic E-state index is 9.68. The smallest absolute Gasteiger partial charge is 0.175 e. The molecule has 0 rings (SSSR count). The molecule has 2 N–H and O–H groups in total. The minimum absolute atomic E-state index is 0.935. The van der Waals surface area contributed by atoms with Gasteiger partial charge in [0.1, 0.15) is 5.97 Å². The normalized spacial score (nSPS) is 12.4. The number of carboxylic acid groups (broad SMARTS) is 1. The van der Waals surface area contributed by atoms with E-state index in [1.165, 1.54) is 0 Å². The van der Waals surface area contributed by atoms with Gasteiger partial charge in [-0.15, -0.1) is 0 Å². The molecule has 0 aromatic heterocycles. The molecule has 0 aliphatic carbocycles. The second kappa shape index (κ2) is 5.82. The number of hydrogen-bond donors (Lipinski definition) is 1. The van der Waals surface area contributed by atoms with E-state index in [1.807, 2.05) is 0 Å². The average molecular weight is 210 g/mol. The summed E-state index contributed by atoms with van der Waals surface area (Å²) in [6.07, 6.45) is 0. The van der Waals surface area contributed by atoms with Gasteiger partial charge in [0.2, 0.25) is 0 Å². The van der Waals surface area contributed by atoms with Crippen molar-refractivity contribution < 1.29 is 29.0 Å². The van der Waals surface area contributed by atoms with Gasteiger partial charge in [0.25, 0.3) is 0 Å². The standard InChI is InChI=1S/C3H4O3.C2H8NO3P/c1-2(4)3(5)6;1-2(3)7(4,5)6/h1H3,(H,5,6);2H,3H2,1H3,(H2,4,5,6)/p-3. The Hall–Kier alpha value is -0.750. The molecule has 0 radical (unpaired) electrons. The molecule has 0 aliphatic heterocycles. The van der Waals surface area contributed by atoms with Crippen LogP contribution in [0.2, 0.25) is 0 Å². The van der Waals surface area contributed by atoms with Crippen molar-refractivity contribution in [3.63, 3.8) is 0 Å². The lowest BCUT2D eigenvalue weighted by molar-refractivity contribution is -0.316. The van der Waals surface area contributed by atoms with Crippen LogP contribution in [0.4, 0.5) is 0 Å². The molecule has 0 heterocycles. The minimum Gasteiger partial charge on any atom is -0.810 e. The number of carbonyl (C=O) groups excluding carboxylic acids is 2. The number of hydrogen-bond acceptors (Lipinski definition) is 7. The van der Waals surface area contributed by atoms with E-state index < -0.39 is 25.1 Å². The number of carboxylic acids is 1. The molecular formula is C5H9NO6P-3. The van der Waals surface area contributed by atoms with E-state index in [-0.39, 0.29) is 0 Å². The van der Waals surface area contributed by atoms with Gasteiger partial charge in [-0.3, -0.25) is 4.79 Å². The van der Waals surface area contributed by atoms with E-state index in [9.17, 15) is 29.0 Å². The van der Waals surface area contributed by atoms with Gasteiger partial charge in [0, 0.05) is 12.7 Å². The number of rotatable bonds is 2. The molecule has 0 aromatic rings. The lowest BCUT2D eigenvalue weighted by Gasteiger charge is -2.33. The van der Waals surface area contributed by atoms with Gasteiger partial charge in [-0.2, -0.15) is 0 Å². The number of ketones is 1. The predicted octanol–water partition coefficient (Wildman–Crippen LogP) is -3.47. The maximum Gasteiger partial charge on any atom is 0.175 e. The van der Waals surface area contributed by atoms with Gasteiger partial charge < -0.3 is 30.0 Å². The molecule has 0 spiro atoms. The second-order valence-corrected chi connectivity index (χ2v) is 4.02. The first-order valence-corrected chi connectivity index (χ1v) is 4.69. The van der Waals surface area contributed by atoms with Crippen molar-refractivity contribution in [1.82, 2.24) is 0 Å². The highest BCUT2D eigenvalue weighted by Gasteiger charge is 1.94. The molecule has 78 valence electrons. The van der Waals surface area contributed by atoms with Crippen LogP contribution >= 0.6 is 7.60 Å². The Kier molecular flexibility index (Phi) is 6.61. The van der Waals surface area contributed by atoms with Crippen molar-refractivity contribution in [2.24, 2.45) is 5.73 Å². The van der Waals surface area contributed by atoms with Crippen LogP contribution in [0.15, 0.2) is 0 Å². The van der Waals surface area contributed by atoms with Crippen molar-refractivity contribution >= 4 is 19.3 Å². The van der Waals surface area contributed by atoms with Crippen molar-refractivity contribution in [1.29, 1.82) is 0 Å². The lowest BCUT2D eigenvalue weighted by atomic mass is 10.5. The van der Waals surface area contributed by atoms with Crippen molar-refractivity contribution in [3.8, 4) is 0 Å². The minimum atomic E-state index is -4.46. The molecule has 0 saturated heterocycles. The second-order valence-electron chi connectivity index (χ2n) is 2.12. The first-order chi connectivity index (χ1) is 5.59. The number of carbonyl (C=O) groups is 2. The monoisotopic (exact) mass is 210 g/mol. The Morgan fingerprint density at radius 2 is 1.54 bits per heavy atom. The van der Waals surface area contributed by atoms with Gasteiger partial charge in [-0.1, -0.05) is 7.60 Å². The van der Waals surface area contributed by atoms with E-state index in [0.29, 0.717) is 0 Å². The summed E-state index contributed by atoms with van der Waals surface area (Å²) >= 11 is 0. The van der Waals surface area contributed by atoms with Gasteiger partial charge in [0.15, 0.2) is 5.78 Å². The van der Waals surface area contributed by atoms with Crippen LogP contribution in [0.5, 0.6) is 0 Å². The molecule has 7 nitrogen and oxygen atoms in total. The Morgan fingerprint density at radius 3 is 1.54 bits per heavy atom. The molecule has 1 unspecified atom stereocenters. The zero-order chi connectivity index (χ0) is 11.2. The van der Waals surface area contributed by atoms with Crippen molar-refractivity contribution in [2.75, 3.05) is 0 Å². The summed E-state index contributed by atoms with van der Waals surface area (Å²) in [5.41, 5.74) is 4.68. The molecule has 8 heteroatoms. The average Bonchev–Trinajstić information content (AvgIpc) is 1.86. The maximum absolute atomic E-state index is 9.68. The fourth-order valence-corrected chi connectivity index (χ4v) is 0. The highest BCUT2D eigenvalue weighted by molar-refractivity contribution is 7.49. The summed E-state index contributed by atoms with van der Waals surface area (Å²) in [5.74, 6) is -3.82. The predicted molar refractivity (Wildman–Crippen MR) is 36.9 cm³/mol. The van der Waals surface area contributed by atoms with Crippen LogP contribution in [0, 0.1) is 0 Å². The Bertz CT molecular complexity index is 219. The molecule has 0 fully saturated rings. The number of aliphatic carboxylic acids is 1. The van der Waals surface area contributed by atoms with Gasteiger partial charge in [-0.25, -0.2) is 0 Å². The van der Waals surface area contributed by atoms with Crippen LogP contribution in [0.25, 0.3) is 0 Å². The fourth-order valence-electron chi connectivity index (χ4n) is 0. The lowest BCUT2D eigenvalue weighted by Crippen LogP contribution is -2.29. The van der Waals surface area contributed by atoms with Crippen LogP contribution in [-0.2, 0) is 14.2 Å². The third-order valence-electron chi connectivity index (χ3n) is 0.786. The summed E-state index contributed by atoms with van der Waals surface area (Å²) in [6, 6.07) is 0. The number of nitrogens with two attached hydrogens (primary N) is 1. The van der Waals surface area contributed by atoms with Crippen molar-refractivity contribution in [2.45, 2.75) is 19.6 Å². The molecule has 0 saturated carbocycles. The first-order valence-electron chi connectivity index (χ1n) is 3.08. The fraction of sp³-hybridized carbons (Fsp3) is 0.600. The van der Waals surface area contributed by atoms with Crippen LogP contribution in [0.3, 0.4) is 0 Å². The van der Waals surface area contributed by atoms with E-state index in [0.717, 1.165) is 13.8 Å². The molecule has 0 aliphatic rings. The third kappa shape index (κ3) is 11.2. The van der Waals surface area contributed by atoms with E-state index in [4.69, 9.17) is 0 Å². The molecule has 1 atom stereocenters. The molecular weight excluding hydrogens is 201 g/mol. The van der Waals surface area contributed by atoms with Gasteiger partial charge >= 0.3 is 0 Å². The zero-order valence-corrected chi connectivity index (χ0v) is 7.95. The highest BCUT2D eigenvalue weighted by atomic mass is 31.2. The molecule has 0 bridgehead atoms. The summed E-state index contributed by atoms with van der Waals surface area (Å²) in [5, 5.41) is 9.24. The van der Waals surface area contributed by atoms with Crippen molar-refractivity contribution in [3.05, 3.63) is 0 Å². The first kappa shape index (κ1) is 14.8. The topological polar surface area (TPSA) is 146 Å². The number of Topliss-reactive ketones (excluding diaryl/α,β-unsaturated/α-hetero) is 1. The van der Waals surface area contributed by atoms with Gasteiger partial charge in [0.05, 0.1) is 0 Å². The Labute approximate surface area is 74.7 Å². The SMILES string of the molecule is CC(=O)C(=O)[O-].CC(N)P(=O)([O-])[O-]. The van der Waals surface area contributed by atoms with E-state index >= 15 is 0 Å². The summed E-state index contributed by atoms with van der Waals surface area (Å²) in [4.78, 5) is 38.1. The van der Waals surface area contributed by atoms with Crippen LogP contribution in [-0.4, -0.2) is 17.5 Å². The third-order valence-corrected chi connectivity index (χ3v) is 1.78. The summed E-state index contributed by atoms with van der Waals surface area (Å²) in [7, 11) is -4.46. The molecule has 0 aromatic carbocycles. The summed E-state index contributed by atoms with van der Waals surface area (Å²) < 4.78 is 9.68. The summed E-state index contributed by atoms with van der Waals surface area (Å²) in [6.45, 7) is 2.08. The Balaban J connectivity index is 0. The molecule has 13 heavy (non-hydrogen) atoms. The quantitative estimate of drug-likeness (QED) is 0.367. The largest absolute Gasteiger partial charge is 0.810 e. The highest BCUT2D eigenvalue weighted by Crippen LogP contribution is 2.25. The van der Waals surface area contributed by atoms with Crippen LogP contribution in [0.1, 0.15) is 13.8 Å². The van der Waals surface area contributed by atoms with E-state index in [1.54, 1.807) is 0 Å².